The number of hydrogen-bond acceptors (Lipinski definition) is 6. The highest BCUT2D eigenvalue weighted by Gasteiger charge is 2.31. The highest BCUT2D eigenvalue weighted by Crippen LogP contribution is 2.26. The summed E-state index contributed by atoms with van der Waals surface area (Å²) in [5, 5.41) is 20.5. The van der Waals surface area contributed by atoms with E-state index in [-0.39, 0.29) is 36.5 Å². The molecule has 1 saturated heterocycles. The van der Waals surface area contributed by atoms with Crippen molar-refractivity contribution in [2.24, 2.45) is 17.6 Å². The SMILES string of the molecule is CC[C@H](C)[C@H](N)c1cn([C@@H](CCC(=O)O)C(=O)C2CCNCC2)nn1. The lowest BCUT2D eigenvalue weighted by molar-refractivity contribution is -0.137. The Bertz CT molecular complexity index is 583. The molecular weight excluding hydrogens is 322 g/mol. The molecule has 1 aromatic rings. The molecular formula is C17H29N5O3. The third-order valence-electron chi connectivity index (χ3n) is 5.15. The maximum Gasteiger partial charge on any atom is 0.303 e. The number of piperidine rings is 1. The number of carbonyl (C=O) groups is 2. The van der Waals surface area contributed by atoms with Crippen LogP contribution in [0.15, 0.2) is 6.20 Å². The zero-order valence-electron chi connectivity index (χ0n) is 15.0. The highest BCUT2D eigenvalue weighted by atomic mass is 16.4. The smallest absolute Gasteiger partial charge is 0.303 e. The Morgan fingerprint density at radius 1 is 1.44 bits per heavy atom. The normalized spacial score (nSPS) is 19.3. The Hall–Kier alpha value is -1.80. The molecule has 0 unspecified atom stereocenters. The third-order valence-corrected chi connectivity index (χ3v) is 5.15. The van der Waals surface area contributed by atoms with Crippen molar-refractivity contribution in [2.75, 3.05) is 13.1 Å². The molecule has 2 heterocycles. The van der Waals surface area contributed by atoms with E-state index >= 15 is 0 Å². The van der Waals surface area contributed by atoms with Gasteiger partial charge in [0.2, 0.25) is 0 Å². The first-order valence-corrected chi connectivity index (χ1v) is 9.07. The predicted octanol–water partition coefficient (Wildman–Crippen LogP) is 1.30. The second-order valence-corrected chi connectivity index (χ2v) is 6.91. The van der Waals surface area contributed by atoms with Gasteiger partial charge in [-0.2, -0.15) is 0 Å². The molecule has 0 saturated carbocycles. The summed E-state index contributed by atoms with van der Waals surface area (Å²) in [5.41, 5.74) is 6.85. The summed E-state index contributed by atoms with van der Waals surface area (Å²) in [5.74, 6) is -0.672. The number of aromatic nitrogens is 3. The molecule has 0 bridgehead atoms. The summed E-state index contributed by atoms with van der Waals surface area (Å²) >= 11 is 0. The van der Waals surface area contributed by atoms with Crippen LogP contribution in [0.3, 0.4) is 0 Å². The number of ketones is 1. The van der Waals surface area contributed by atoms with Crippen molar-refractivity contribution in [3.05, 3.63) is 11.9 Å². The van der Waals surface area contributed by atoms with Gasteiger partial charge in [0.05, 0.1) is 17.9 Å². The number of rotatable bonds is 9. The second-order valence-electron chi connectivity index (χ2n) is 6.91. The number of Topliss-reactive ketones (excluding diaryl/α,β-unsaturated/α-hetero) is 1. The molecule has 0 radical (unpaired) electrons. The lowest BCUT2D eigenvalue weighted by Gasteiger charge is -2.25. The summed E-state index contributed by atoms with van der Waals surface area (Å²) in [6.45, 7) is 5.73. The van der Waals surface area contributed by atoms with Gasteiger partial charge in [-0.05, 0) is 38.3 Å². The number of carboxylic acid groups (broad SMARTS) is 1. The fourth-order valence-corrected chi connectivity index (χ4v) is 3.18. The third kappa shape index (κ3) is 5.09. The van der Waals surface area contributed by atoms with E-state index in [1.165, 1.54) is 4.68 Å². The molecule has 8 heteroatoms. The van der Waals surface area contributed by atoms with Gasteiger partial charge >= 0.3 is 5.97 Å². The quantitative estimate of drug-likeness (QED) is 0.612. The minimum absolute atomic E-state index is 0.0521. The number of carbonyl (C=O) groups excluding carboxylic acids is 1. The van der Waals surface area contributed by atoms with Crippen LogP contribution in [0.25, 0.3) is 0 Å². The van der Waals surface area contributed by atoms with Crippen molar-refractivity contribution < 1.29 is 14.7 Å². The molecule has 25 heavy (non-hydrogen) atoms. The number of nitrogens with two attached hydrogens (primary N) is 1. The Labute approximate surface area is 148 Å². The lowest BCUT2D eigenvalue weighted by atomic mass is 9.88. The molecule has 1 aliphatic heterocycles. The van der Waals surface area contributed by atoms with Gasteiger partial charge in [0.1, 0.15) is 6.04 Å². The van der Waals surface area contributed by atoms with Crippen molar-refractivity contribution in [1.82, 2.24) is 20.3 Å². The Morgan fingerprint density at radius 2 is 2.12 bits per heavy atom. The summed E-state index contributed by atoms with van der Waals surface area (Å²) < 4.78 is 1.52. The average molecular weight is 351 g/mol. The van der Waals surface area contributed by atoms with Crippen LogP contribution in [0.2, 0.25) is 0 Å². The molecule has 1 fully saturated rings. The van der Waals surface area contributed by atoms with Gasteiger partial charge in [-0.25, -0.2) is 4.68 Å². The van der Waals surface area contributed by atoms with Crippen molar-refractivity contribution in [3.8, 4) is 0 Å². The minimum atomic E-state index is -0.917. The first kappa shape index (κ1) is 19.5. The molecule has 0 aliphatic carbocycles. The van der Waals surface area contributed by atoms with Crippen LogP contribution in [0.4, 0.5) is 0 Å². The molecule has 4 N–H and O–H groups in total. The molecule has 2 rings (SSSR count). The van der Waals surface area contributed by atoms with E-state index in [9.17, 15) is 9.59 Å². The fraction of sp³-hybridized carbons (Fsp3) is 0.765. The first-order chi connectivity index (χ1) is 11.9. The van der Waals surface area contributed by atoms with Crippen LogP contribution >= 0.6 is 0 Å². The van der Waals surface area contributed by atoms with Gasteiger partial charge in [0.25, 0.3) is 0 Å². The summed E-state index contributed by atoms with van der Waals surface area (Å²) in [7, 11) is 0. The molecule has 0 aromatic carbocycles. The van der Waals surface area contributed by atoms with E-state index in [4.69, 9.17) is 10.8 Å². The van der Waals surface area contributed by atoms with Gasteiger partial charge in [0.15, 0.2) is 5.78 Å². The molecule has 3 atom stereocenters. The van der Waals surface area contributed by atoms with Gasteiger partial charge < -0.3 is 16.2 Å². The van der Waals surface area contributed by atoms with Gasteiger partial charge in [-0.1, -0.05) is 25.5 Å². The standard InChI is InChI=1S/C17H29N5O3/c1-3-11(2)16(18)13-10-22(21-20-13)14(4-5-15(23)24)17(25)12-6-8-19-9-7-12/h10-12,14,16,19H,3-9,18H2,1-2H3,(H,23,24)/t11-,14-,16-/m0/s1. The molecule has 140 valence electrons. The van der Waals surface area contributed by atoms with Crippen molar-refractivity contribution >= 4 is 11.8 Å². The average Bonchev–Trinajstić information content (AvgIpc) is 3.10. The van der Waals surface area contributed by atoms with Gasteiger partial charge in [-0.3, -0.25) is 9.59 Å². The molecule has 8 nitrogen and oxygen atoms in total. The Morgan fingerprint density at radius 3 is 2.72 bits per heavy atom. The number of aliphatic carboxylic acids is 1. The zero-order chi connectivity index (χ0) is 18.4. The Balaban J connectivity index is 2.18. The maximum absolute atomic E-state index is 12.9. The molecule has 0 amide bonds. The number of nitrogens with zero attached hydrogens (tertiary/aromatic N) is 3. The van der Waals surface area contributed by atoms with Crippen LogP contribution in [0, 0.1) is 11.8 Å². The largest absolute Gasteiger partial charge is 0.481 e. The maximum atomic E-state index is 12.9. The van der Waals surface area contributed by atoms with Crippen LogP contribution in [-0.2, 0) is 9.59 Å². The van der Waals surface area contributed by atoms with Crippen LogP contribution < -0.4 is 11.1 Å². The topological polar surface area (TPSA) is 123 Å². The number of nitrogens with one attached hydrogen (secondary N) is 1. The van der Waals surface area contributed by atoms with Crippen LogP contribution in [0.1, 0.15) is 63.7 Å². The molecule has 1 aromatic heterocycles. The molecule has 1 aliphatic rings. The van der Waals surface area contributed by atoms with E-state index in [2.05, 4.69) is 22.6 Å². The lowest BCUT2D eigenvalue weighted by Crippen LogP contribution is -2.36. The molecule has 0 spiro atoms. The fourth-order valence-electron chi connectivity index (χ4n) is 3.18. The summed E-state index contributed by atoms with van der Waals surface area (Å²) in [4.78, 5) is 23.9. The van der Waals surface area contributed by atoms with E-state index in [0.29, 0.717) is 5.69 Å². The van der Waals surface area contributed by atoms with Crippen LogP contribution in [-0.4, -0.2) is 44.9 Å². The predicted molar refractivity (Wildman–Crippen MR) is 92.9 cm³/mol. The van der Waals surface area contributed by atoms with Gasteiger partial charge in [-0.15, -0.1) is 5.10 Å². The van der Waals surface area contributed by atoms with Gasteiger partial charge in [0, 0.05) is 12.3 Å². The van der Waals surface area contributed by atoms with Crippen molar-refractivity contribution in [2.45, 2.75) is 58.0 Å². The van der Waals surface area contributed by atoms with E-state index in [1.54, 1.807) is 6.20 Å². The first-order valence-electron chi connectivity index (χ1n) is 9.07. The highest BCUT2D eigenvalue weighted by molar-refractivity contribution is 5.85. The van der Waals surface area contributed by atoms with E-state index < -0.39 is 12.0 Å². The summed E-state index contributed by atoms with van der Waals surface area (Å²) in [6, 6.07) is -0.836. The minimum Gasteiger partial charge on any atom is -0.481 e. The van der Waals surface area contributed by atoms with E-state index in [1.807, 2.05) is 6.92 Å². The zero-order valence-corrected chi connectivity index (χ0v) is 15.0. The van der Waals surface area contributed by atoms with Crippen molar-refractivity contribution in [1.29, 1.82) is 0 Å². The summed E-state index contributed by atoms with van der Waals surface area (Å²) in [6.07, 6.45) is 4.33. The Kier molecular flexibility index (Phi) is 7.07. The van der Waals surface area contributed by atoms with E-state index in [0.717, 1.165) is 32.4 Å². The van der Waals surface area contributed by atoms with Crippen molar-refractivity contribution in [3.63, 3.8) is 0 Å². The number of carboxylic acids is 1. The number of hydrogen-bond donors (Lipinski definition) is 3. The monoisotopic (exact) mass is 351 g/mol. The second kappa shape index (κ2) is 9.05. The van der Waals surface area contributed by atoms with Crippen LogP contribution in [0.5, 0.6) is 0 Å².